The quantitative estimate of drug-likeness (QED) is 0.751. The highest BCUT2D eigenvalue weighted by Crippen LogP contribution is 2.31. The van der Waals surface area contributed by atoms with Crippen LogP contribution >= 0.6 is 0 Å². The van der Waals surface area contributed by atoms with Crippen molar-refractivity contribution in [3.63, 3.8) is 0 Å². The van der Waals surface area contributed by atoms with Gasteiger partial charge < -0.3 is 10.2 Å². The zero-order chi connectivity index (χ0) is 21.1. The van der Waals surface area contributed by atoms with Crippen molar-refractivity contribution < 1.29 is 9.59 Å². The van der Waals surface area contributed by atoms with Gasteiger partial charge >= 0.3 is 0 Å². The maximum atomic E-state index is 11.7. The van der Waals surface area contributed by atoms with Crippen LogP contribution in [0.1, 0.15) is 57.0 Å². The molecule has 0 atom stereocenters. The van der Waals surface area contributed by atoms with Gasteiger partial charge in [0.25, 0.3) is 0 Å². The molecule has 0 spiro atoms. The van der Waals surface area contributed by atoms with Gasteiger partial charge in [0, 0.05) is 24.7 Å². The van der Waals surface area contributed by atoms with Crippen LogP contribution in [-0.4, -0.2) is 31.8 Å². The second kappa shape index (κ2) is 12.1. The van der Waals surface area contributed by atoms with E-state index in [9.17, 15) is 9.59 Å². The molecule has 2 aromatic carbocycles. The Hall–Kier alpha value is -2.46. The van der Waals surface area contributed by atoms with E-state index in [0.29, 0.717) is 0 Å². The van der Waals surface area contributed by atoms with Gasteiger partial charge in [0.15, 0.2) is 5.78 Å². The number of fused-ring (bicyclic) bond motifs is 1. The average Bonchev–Trinajstić information content (AvgIpc) is 2.74. The first kappa shape index (κ1) is 23.6. The Balaban J connectivity index is 0.000000583. The second-order valence-electron chi connectivity index (χ2n) is 6.46. The third-order valence-corrected chi connectivity index (χ3v) is 4.56. The zero-order valence-corrected chi connectivity index (χ0v) is 18.1. The highest BCUT2D eigenvalue weighted by Gasteiger charge is 2.20. The number of nitrogens with one attached hydrogen (secondary N) is 1. The number of hydrogen-bond donors (Lipinski definition) is 1. The number of amides is 1. The van der Waals surface area contributed by atoms with E-state index < -0.39 is 0 Å². The number of Topliss-reactive ketones (excluding diaryl/α,β-unsaturated/α-hetero) is 1. The summed E-state index contributed by atoms with van der Waals surface area (Å²) < 4.78 is 0. The maximum absolute atomic E-state index is 11.7. The molecule has 0 aliphatic carbocycles. The van der Waals surface area contributed by atoms with Crippen molar-refractivity contribution in [3.8, 4) is 11.1 Å². The van der Waals surface area contributed by atoms with E-state index in [2.05, 4.69) is 18.3 Å². The fourth-order valence-electron chi connectivity index (χ4n) is 3.00. The number of carbonyl (C=O) groups excluding carboxylic acids is 2. The van der Waals surface area contributed by atoms with Crippen molar-refractivity contribution in [3.05, 3.63) is 53.6 Å². The number of carbonyl (C=O) groups is 2. The molecule has 0 saturated heterocycles. The lowest BCUT2D eigenvalue weighted by atomic mass is 9.95. The van der Waals surface area contributed by atoms with Crippen LogP contribution in [0, 0.1) is 0 Å². The molecule has 0 saturated carbocycles. The highest BCUT2D eigenvalue weighted by molar-refractivity contribution is 5.95. The van der Waals surface area contributed by atoms with Crippen LogP contribution in [0.15, 0.2) is 42.5 Å². The summed E-state index contributed by atoms with van der Waals surface area (Å²) in [6, 6.07) is 13.9. The zero-order valence-electron chi connectivity index (χ0n) is 18.1. The molecule has 0 bridgehead atoms. The molecule has 4 nitrogen and oxygen atoms in total. The van der Waals surface area contributed by atoms with Crippen LogP contribution in [-0.2, 0) is 11.2 Å². The Labute approximate surface area is 170 Å². The summed E-state index contributed by atoms with van der Waals surface area (Å²) in [5, 5.41) is 2.93. The number of benzene rings is 2. The Kier molecular flexibility index (Phi) is 10.2. The minimum atomic E-state index is 0.0779. The SMILES string of the molecule is CC.CC(=O)c1ccc(-c2ccc3c(c2)CCCN3C(C)=O)cc1.CCNC. The Morgan fingerprint density at radius 1 is 1.00 bits per heavy atom. The first-order chi connectivity index (χ1) is 13.5. The normalized spacial score (nSPS) is 12.0. The van der Waals surface area contributed by atoms with Crippen molar-refractivity contribution in [1.29, 1.82) is 0 Å². The van der Waals surface area contributed by atoms with Gasteiger partial charge in [-0.25, -0.2) is 0 Å². The number of anilines is 1. The summed E-state index contributed by atoms with van der Waals surface area (Å²) in [5.41, 5.74) is 5.19. The average molecular weight is 383 g/mol. The first-order valence-corrected chi connectivity index (χ1v) is 10.1. The number of aryl methyl sites for hydroxylation is 1. The van der Waals surface area contributed by atoms with Gasteiger partial charge in [-0.2, -0.15) is 0 Å². The van der Waals surface area contributed by atoms with Crippen molar-refractivity contribution in [2.45, 2.75) is 47.5 Å². The summed E-state index contributed by atoms with van der Waals surface area (Å²) in [5.74, 6) is 0.175. The smallest absolute Gasteiger partial charge is 0.223 e. The Morgan fingerprint density at radius 3 is 2.07 bits per heavy atom. The summed E-state index contributed by atoms with van der Waals surface area (Å²) in [7, 11) is 1.93. The molecule has 152 valence electrons. The van der Waals surface area contributed by atoms with E-state index in [1.807, 2.05) is 62.2 Å². The fourth-order valence-corrected chi connectivity index (χ4v) is 3.00. The molecule has 28 heavy (non-hydrogen) atoms. The summed E-state index contributed by atoms with van der Waals surface area (Å²) in [6.45, 7) is 11.1. The van der Waals surface area contributed by atoms with Crippen LogP contribution in [0.3, 0.4) is 0 Å². The van der Waals surface area contributed by atoms with Gasteiger partial charge in [-0.15, -0.1) is 0 Å². The van der Waals surface area contributed by atoms with Crippen LogP contribution in [0.25, 0.3) is 11.1 Å². The molecule has 1 amide bonds. The van der Waals surface area contributed by atoms with E-state index in [0.717, 1.165) is 48.3 Å². The minimum absolute atomic E-state index is 0.0779. The molecule has 4 heteroatoms. The fraction of sp³-hybridized carbons (Fsp3) is 0.417. The molecule has 0 unspecified atom stereocenters. The molecule has 1 N–H and O–H groups in total. The van der Waals surface area contributed by atoms with Gasteiger partial charge in [0.05, 0.1) is 0 Å². The van der Waals surface area contributed by atoms with Gasteiger partial charge in [-0.3, -0.25) is 9.59 Å². The topological polar surface area (TPSA) is 49.4 Å². The van der Waals surface area contributed by atoms with E-state index in [-0.39, 0.29) is 11.7 Å². The lowest BCUT2D eigenvalue weighted by molar-refractivity contribution is -0.116. The van der Waals surface area contributed by atoms with E-state index in [1.54, 1.807) is 13.8 Å². The Bertz CT molecular complexity index is 765. The van der Waals surface area contributed by atoms with E-state index in [1.165, 1.54) is 5.56 Å². The third kappa shape index (κ3) is 6.31. The molecule has 1 heterocycles. The number of ketones is 1. The molecule has 3 rings (SSSR count). The van der Waals surface area contributed by atoms with Crippen molar-refractivity contribution in [1.82, 2.24) is 5.32 Å². The predicted molar refractivity (Wildman–Crippen MR) is 119 cm³/mol. The minimum Gasteiger partial charge on any atom is -0.320 e. The first-order valence-electron chi connectivity index (χ1n) is 10.1. The van der Waals surface area contributed by atoms with Gasteiger partial charge in [0.2, 0.25) is 5.91 Å². The summed E-state index contributed by atoms with van der Waals surface area (Å²) >= 11 is 0. The van der Waals surface area contributed by atoms with Crippen molar-refractivity contribution in [2.75, 3.05) is 25.0 Å². The third-order valence-electron chi connectivity index (χ3n) is 4.56. The highest BCUT2D eigenvalue weighted by atomic mass is 16.2. The maximum Gasteiger partial charge on any atom is 0.223 e. The number of nitrogens with zero attached hydrogens (tertiary/aromatic N) is 1. The van der Waals surface area contributed by atoms with Crippen LogP contribution < -0.4 is 10.2 Å². The van der Waals surface area contributed by atoms with Crippen LogP contribution in [0.2, 0.25) is 0 Å². The van der Waals surface area contributed by atoms with Crippen LogP contribution in [0.5, 0.6) is 0 Å². The number of rotatable bonds is 3. The molecule has 2 aromatic rings. The van der Waals surface area contributed by atoms with E-state index in [4.69, 9.17) is 0 Å². The monoisotopic (exact) mass is 382 g/mol. The van der Waals surface area contributed by atoms with Crippen molar-refractivity contribution in [2.24, 2.45) is 0 Å². The number of hydrogen-bond acceptors (Lipinski definition) is 3. The predicted octanol–water partition coefficient (Wildman–Crippen LogP) is 5.11. The van der Waals surface area contributed by atoms with Gasteiger partial charge in [-0.1, -0.05) is 51.1 Å². The molecular weight excluding hydrogens is 348 g/mol. The van der Waals surface area contributed by atoms with Gasteiger partial charge in [-0.05, 0) is 62.2 Å². The summed E-state index contributed by atoms with van der Waals surface area (Å²) in [6.07, 6.45) is 2.00. The molecule has 0 fully saturated rings. The molecule has 0 aromatic heterocycles. The molecule has 0 radical (unpaired) electrons. The lowest BCUT2D eigenvalue weighted by Gasteiger charge is -2.29. The standard InChI is InChI=1S/C19H19NO2.C3H9N.C2H6/c1-13(21)15-5-7-16(8-6-15)17-9-10-19-18(12-17)4-3-11-20(19)14(2)22;1-3-4-2;1-2/h5-10,12H,3-4,11H2,1-2H3;4H,3H2,1-2H3;1-2H3. The van der Waals surface area contributed by atoms with Crippen molar-refractivity contribution >= 4 is 17.4 Å². The van der Waals surface area contributed by atoms with Gasteiger partial charge in [0.1, 0.15) is 0 Å². The second-order valence-corrected chi connectivity index (χ2v) is 6.46. The molecular formula is C24H34N2O2. The summed E-state index contributed by atoms with van der Waals surface area (Å²) in [4.78, 5) is 24.9. The van der Waals surface area contributed by atoms with E-state index >= 15 is 0 Å². The van der Waals surface area contributed by atoms with Crippen LogP contribution in [0.4, 0.5) is 5.69 Å². The Morgan fingerprint density at radius 2 is 1.57 bits per heavy atom. The lowest BCUT2D eigenvalue weighted by Crippen LogP contribution is -2.33. The largest absolute Gasteiger partial charge is 0.320 e. The molecule has 1 aliphatic heterocycles. The molecule has 1 aliphatic rings.